The van der Waals surface area contributed by atoms with E-state index >= 15 is 0 Å². The van der Waals surface area contributed by atoms with E-state index in [4.69, 9.17) is 11.6 Å². The molecular formula is C11H8ClF3N2OS. The number of rotatable bonds is 3. The van der Waals surface area contributed by atoms with E-state index < -0.39 is 17.0 Å². The summed E-state index contributed by atoms with van der Waals surface area (Å²) in [5, 5.41) is -0.334. The predicted octanol–water partition coefficient (Wildman–Crippen LogP) is 3.84. The van der Waals surface area contributed by atoms with E-state index in [1.54, 1.807) is 0 Å². The molecule has 0 radical (unpaired) electrons. The number of carbonyl (C=O) groups is 1. The van der Waals surface area contributed by atoms with Gasteiger partial charge in [-0.1, -0.05) is 6.92 Å². The van der Waals surface area contributed by atoms with E-state index in [0.717, 1.165) is 12.1 Å². The molecule has 0 saturated carbocycles. The number of fused-ring (bicyclic) bond motifs is 1. The van der Waals surface area contributed by atoms with E-state index in [2.05, 4.69) is 4.98 Å². The van der Waals surface area contributed by atoms with Gasteiger partial charge in [0.2, 0.25) is 0 Å². The van der Waals surface area contributed by atoms with Gasteiger partial charge in [0.25, 0.3) is 5.24 Å². The fourth-order valence-corrected chi connectivity index (χ4v) is 2.63. The van der Waals surface area contributed by atoms with Gasteiger partial charge in [-0.3, -0.25) is 9.20 Å². The third-order valence-corrected chi connectivity index (χ3v) is 3.51. The number of alkyl halides is 3. The van der Waals surface area contributed by atoms with Gasteiger partial charge in [0.15, 0.2) is 5.69 Å². The van der Waals surface area contributed by atoms with Gasteiger partial charge in [-0.15, -0.1) is 11.8 Å². The minimum absolute atomic E-state index is 0.0205. The Morgan fingerprint density at radius 3 is 2.74 bits per heavy atom. The molecule has 2 aromatic heterocycles. The first kappa shape index (κ1) is 14.2. The monoisotopic (exact) mass is 308 g/mol. The Morgan fingerprint density at radius 2 is 2.21 bits per heavy atom. The van der Waals surface area contributed by atoms with Crippen LogP contribution in [0.5, 0.6) is 0 Å². The molecule has 0 spiro atoms. The third kappa shape index (κ3) is 2.71. The second kappa shape index (κ2) is 5.05. The molecule has 0 unspecified atom stereocenters. The van der Waals surface area contributed by atoms with Crippen molar-refractivity contribution in [3.05, 3.63) is 29.6 Å². The molecule has 8 heteroatoms. The smallest absolute Gasteiger partial charge is 0.294 e. The van der Waals surface area contributed by atoms with Gasteiger partial charge in [-0.05, 0) is 29.5 Å². The van der Waals surface area contributed by atoms with Gasteiger partial charge in [0, 0.05) is 6.20 Å². The Bertz CT molecular complexity index is 639. The molecule has 19 heavy (non-hydrogen) atoms. The van der Waals surface area contributed by atoms with Crippen molar-refractivity contribution in [3.8, 4) is 0 Å². The van der Waals surface area contributed by atoms with Crippen molar-refractivity contribution in [3.63, 3.8) is 0 Å². The summed E-state index contributed by atoms with van der Waals surface area (Å²) < 4.78 is 39.2. The van der Waals surface area contributed by atoms with Gasteiger partial charge in [-0.25, -0.2) is 4.98 Å². The highest BCUT2D eigenvalue weighted by molar-refractivity contribution is 7.99. The fourth-order valence-electron chi connectivity index (χ4n) is 1.60. The molecule has 0 N–H and O–H groups in total. The minimum atomic E-state index is -4.45. The van der Waals surface area contributed by atoms with Gasteiger partial charge in [0.1, 0.15) is 10.7 Å². The maximum absolute atomic E-state index is 12.6. The Hall–Kier alpha value is -1.21. The number of hydrogen-bond donors (Lipinski definition) is 0. The van der Waals surface area contributed by atoms with E-state index in [-0.39, 0.29) is 11.3 Å². The number of pyridine rings is 1. The maximum atomic E-state index is 12.6. The van der Waals surface area contributed by atoms with Crippen LogP contribution in [-0.4, -0.2) is 20.4 Å². The molecule has 2 aromatic rings. The van der Waals surface area contributed by atoms with Crippen molar-refractivity contribution in [1.82, 2.24) is 9.38 Å². The van der Waals surface area contributed by atoms with Crippen LogP contribution in [0.2, 0.25) is 0 Å². The van der Waals surface area contributed by atoms with Crippen LogP contribution in [0.1, 0.15) is 23.0 Å². The lowest BCUT2D eigenvalue weighted by atomic mass is 10.2. The summed E-state index contributed by atoms with van der Waals surface area (Å²) in [5.74, 6) is 0.645. The summed E-state index contributed by atoms with van der Waals surface area (Å²) in [6.07, 6.45) is -3.20. The molecule has 0 saturated heterocycles. The lowest BCUT2D eigenvalue weighted by Gasteiger charge is -2.07. The maximum Gasteiger partial charge on any atom is 0.416 e. The first-order valence-electron chi connectivity index (χ1n) is 5.26. The Labute approximate surface area is 115 Å². The van der Waals surface area contributed by atoms with E-state index in [9.17, 15) is 18.0 Å². The molecule has 0 bridgehead atoms. The number of hydrogen-bond acceptors (Lipinski definition) is 3. The highest BCUT2D eigenvalue weighted by atomic mass is 35.5. The van der Waals surface area contributed by atoms with E-state index in [1.165, 1.54) is 22.4 Å². The first-order valence-corrected chi connectivity index (χ1v) is 6.63. The summed E-state index contributed by atoms with van der Waals surface area (Å²) in [5.41, 5.74) is -0.783. The number of imidazole rings is 1. The zero-order valence-corrected chi connectivity index (χ0v) is 11.2. The quantitative estimate of drug-likeness (QED) is 0.638. The minimum Gasteiger partial charge on any atom is -0.294 e. The Morgan fingerprint density at radius 1 is 1.53 bits per heavy atom. The fraction of sp³-hybridized carbons (Fsp3) is 0.273. The van der Waals surface area contributed by atoms with E-state index in [0.29, 0.717) is 10.8 Å². The molecule has 0 atom stereocenters. The molecule has 0 aliphatic carbocycles. The topological polar surface area (TPSA) is 34.4 Å². The largest absolute Gasteiger partial charge is 0.416 e. The van der Waals surface area contributed by atoms with Gasteiger partial charge in [0.05, 0.1) is 5.56 Å². The van der Waals surface area contributed by atoms with Crippen molar-refractivity contribution in [2.75, 3.05) is 5.75 Å². The molecule has 2 rings (SSSR count). The predicted molar refractivity (Wildman–Crippen MR) is 66.8 cm³/mol. The van der Waals surface area contributed by atoms with Crippen LogP contribution in [0.15, 0.2) is 23.4 Å². The highest BCUT2D eigenvalue weighted by Crippen LogP contribution is 2.32. The standard InChI is InChI=1S/C11H8ClF3N2OS/c1-2-19-10-8(9(12)18)16-7-5-6(11(13,14)15)3-4-17(7)10/h3-5H,2H2,1H3. The number of thioether (sulfide) groups is 1. The van der Waals surface area contributed by atoms with Crippen molar-refractivity contribution in [2.24, 2.45) is 0 Å². The molecule has 0 aliphatic rings. The van der Waals surface area contributed by atoms with Crippen molar-refractivity contribution < 1.29 is 18.0 Å². The lowest BCUT2D eigenvalue weighted by Crippen LogP contribution is -2.05. The van der Waals surface area contributed by atoms with Crippen LogP contribution in [-0.2, 0) is 6.18 Å². The molecule has 0 amide bonds. The molecule has 3 nitrogen and oxygen atoms in total. The Balaban J connectivity index is 2.66. The number of nitrogens with zero attached hydrogens (tertiary/aromatic N) is 2. The van der Waals surface area contributed by atoms with Crippen LogP contribution in [0, 0.1) is 0 Å². The van der Waals surface area contributed by atoms with E-state index in [1.807, 2.05) is 6.92 Å². The summed E-state index contributed by atoms with van der Waals surface area (Å²) in [6.45, 7) is 1.86. The zero-order valence-electron chi connectivity index (χ0n) is 9.66. The van der Waals surface area contributed by atoms with Gasteiger partial charge < -0.3 is 0 Å². The Kier molecular flexibility index (Phi) is 3.78. The van der Waals surface area contributed by atoms with Crippen LogP contribution < -0.4 is 0 Å². The van der Waals surface area contributed by atoms with Gasteiger partial charge in [-0.2, -0.15) is 13.2 Å². The van der Waals surface area contributed by atoms with Crippen molar-refractivity contribution in [1.29, 1.82) is 0 Å². The normalized spacial score (nSPS) is 12.1. The summed E-state index contributed by atoms with van der Waals surface area (Å²) in [6, 6.07) is 1.83. The average Bonchev–Trinajstić information content (AvgIpc) is 2.67. The van der Waals surface area contributed by atoms with Crippen LogP contribution in [0.25, 0.3) is 5.65 Å². The third-order valence-electron chi connectivity index (χ3n) is 2.38. The second-order valence-corrected chi connectivity index (χ2v) is 5.21. The molecule has 102 valence electrons. The summed E-state index contributed by atoms with van der Waals surface area (Å²) in [7, 11) is 0. The van der Waals surface area contributed by atoms with Crippen LogP contribution in [0.4, 0.5) is 13.2 Å². The molecule has 0 aliphatic heterocycles. The molecule has 2 heterocycles. The number of carbonyl (C=O) groups excluding carboxylic acids is 1. The number of aromatic nitrogens is 2. The SMILES string of the molecule is CCSc1c(C(=O)Cl)nc2cc(C(F)(F)F)ccn12. The zero-order chi connectivity index (χ0) is 14.2. The highest BCUT2D eigenvalue weighted by Gasteiger charge is 2.31. The second-order valence-electron chi connectivity index (χ2n) is 3.61. The molecule has 0 fully saturated rings. The van der Waals surface area contributed by atoms with Crippen molar-refractivity contribution >= 4 is 34.3 Å². The molecular weight excluding hydrogens is 301 g/mol. The summed E-state index contributed by atoms with van der Waals surface area (Å²) in [4.78, 5) is 15.1. The van der Waals surface area contributed by atoms with Crippen LogP contribution >= 0.6 is 23.4 Å². The number of halogens is 4. The molecule has 0 aromatic carbocycles. The lowest BCUT2D eigenvalue weighted by molar-refractivity contribution is -0.137. The van der Waals surface area contributed by atoms with Crippen molar-refractivity contribution in [2.45, 2.75) is 18.1 Å². The first-order chi connectivity index (χ1) is 8.84. The average molecular weight is 309 g/mol. The van der Waals surface area contributed by atoms with Gasteiger partial charge >= 0.3 is 6.18 Å². The van der Waals surface area contributed by atoms with Crippen LogP contribution in [0.3, 0.4) is 0 Å². The summed E-state index contributed by atoms with van der Waals surface area (Å²) >= 11 is 6.69.